The van der Waals surface area contributed by atoms with E-state index < -0.39 is 5.97 Å². The average molecular weight is 296 g/mol. The molecule has 112 valence electrons. The van der Waals surface area contributed by atoms with Crippen molar-refractivity contribution in [3.8, 4) is 17.0 Å². The minimum atomic E-state index is -0.956. The van der Waals surface area contributed by atoms with E-state index >= 15 is 0 Å². The lowest BCUT2D eigenvalue weighted by molar-refractivity contribution is 0.0697. The van der Waals surface area contributed by atoms with Gasteiger partial charge in [0.25, 0.3) is 0 Å². The molecule has 0 aliphatic carbocycles. The monoisotopic (exact) mass is 296 g/mol. The number of fused-ring (bicyclic) bond motifs is 1. The number of carboxylic acid groups (broad SMARTS) is 1. The van der Waals surface area contributed by atoms with Gasteiger partial charge < -0.3 is 14.2 Å². The van der Waals surface area contributed by atoms with Crippen LogP contribution in [0.4, 0.5) is 0 Å². The number of pyridine rings is 1. The maximum Gasteiger partial charge on any atom is 0.335 e. The molecule has 5 heteroatoms. The normalized spacial score (nSPS) is 11.0. The number of nitrogens with zero attached hydrogens (tertiary/aromatic N) is 2. The molecular weight excluding hydrogens is 280 g/mol. The maximum atomic E-state index is 11.0. The maximum absolute atomic E-state index is 11.0. The Labute approximate surface area is 127 Å². The summed E-state index contributed by atoms with van der Waals surface area (Å²) in [5.41, 5.74) is 2.58. The second-order valence-electron chi connectivity index (χ2n) is 5.30. The van der Waals surface area contributed by atoms with Crippen molar-refractivity contribution in [2.24, 2.45) is 0 Å². The van der Waals surface area contributed by atoms with Crippen molar-refractivity contribution < 1.29 is 14.6 Å². The topological polar surface area (TPSA) is 63.8 Å². The van der Waals surface area contributed by atoms with Gasteiger partial charge in [-0.2, -0.15) is 0 Å². The Morgan fingerprint density at radius 2 is 1.95 bits per heavy atom. The zero-order valence-electron chi connectivity index (χ0n) is 12.4. The van der Waals surface area contributed by atoms with Crippen LogP contribution < -0.4 is 4.74 Å². The molecule has 1 aromatic carbocycles. The molecule has 3 rings (SSSR count). The Bertz CT molecular complexity index is 820. The van der Waals surface area contributed by atoms with Gasteiger partial charge in [-0.15, -0.1) is 0 Å². The second kappa shape index (κ2) is 5.52. The van der Waals surface area contributed by atoms with Crippen LogP contribution in [0.3, 0.4) is 0 Å². The van der Waals surface area contributed by atoms with Crippen LogP contribution in [0.25, 0.3) is 16.9 Å². The van der Waals surface area contributed by atoms with Gasteiger partial charge in [-0.1, -0.05) is 0 Å². The molecule has 0 bridgehead atoms. The number of benzene rings is 1. The predicted molar refractivity (Wildman–Crippen MR) is 83.4 cm³/mol. The number of carbonyl (C=O) groups is 1. The molecule has 22 heavy (non-hydrogen) atoms. The summed E-state index contributed by atoms with van der Waals surface area (Å²) in [7, 11) is 0. The summed E-state index contributed by atoms with van der Waals surface area (Å²) < 4.78 is 7.42. The number of aromatic carboxylic acids is 1. The predicted octanol–water partition coefficient (Wildman–Crippen LogP) is 3.49. The summed E-state index contributed by atoms with van der Waals surface area (Å²) in [5, 5.41) is 9.02. The lowest BCUT2D eigenvalue weighted by Crippen LogP contribution is -2.05. The lowest BCUT2D eigenvalue weighted by atomic mass is 10.1. The van der Waals surface area contributed by atoms with E-state index in [0.29, 0.717) is 5.65 Å². The number of hydrogen-bond donors (Lipinski definition) is 1. The summed E-state index contributed by atoms with van der Waals surface area (Å²) >= 11 is 0. The highest BCUT2D eigenvalue weighted by atomic mass is 16.5. The van der Waals surface area contributed by atoms with Crippen molar-refractivity contribution in [1.29, 1.82) is 0 Å². The largest absolute Gasteiger partial charge is 0.491 e. The molecule has 1 N–H and O–H groups in total. The van der Waals surface area contributed by atoms with Gasteiger partial charge in [-0.05, 0) is 50.2 Å². The number of aromatic nitrogens is 2. The zero-order chi connectivity index (χ0) is 15.7. The highest BCUT2D eigenvalue weighted by molar-refractivity contribution is 5.88. The van der Waals surface area contributed by atoms with Crippen LogP contribution in [-0.4, -0.2) is 26.6 Å². The zero-order valence-corrected chi connectivity index (χ0v) is 12.4. The molecule has 0 spiro atoms. The third kappa shape index (κ3) is 2.79. The fourth-order valence-corrected chi connectivity index (χ4v) is 2.23. The van der Waals surface area contributed by atoms with Gasteiger partial charge in [0, 0.05) is 18.0 Å². The smallest absolute Gasteiger partial charge is 0.335 e. The minimum absolute atomic E-state index is 0.135. The van der Waals surface area contributed by atoms with E-state index in [1.54, 1.807) is 22.7 Å². The lowest BCUT2D eigenvalue weighted by Gasteiger charge is -2.09. The second-order valence-corrected chi connectivity index (χ2v) is 5.30. The highest BCUT2D eigenvalue weighted by Crippen LogP contribution is 2.23. The summed E-state index contributed by atoms with van der Waals surface area (Å²) in [4.78, 5) is 15.5. The first-order valence-corrected chi connectivity index (χ1v) is 7.02. The van der Waals surface area contributed by atoms with Crippen molar-refractivity contribution in [2.75, 3.05) is 0 Å². The van der Waals surface area contributed by atoms with Gasteiger partial charge in [-0.3, -0.25) is 0 Å². The summed E-state index contributed by atoms with van der Waals surface area (Å²) in [5.74, 6) is -0.141. The van der Waals surface area contributed by atoms with Gasteiger partial charge in [0.2, 0.25) is 0 Å². The molecular formula is C17H16N2O3. The van der Waals surface area contributed by atoms with Crippen LogP contribution in [0.2, 0.25) is 0 Å². The standard InChI is InChI=1S/C17H16N2O3/c1-11(2)22-14-5-3-12(4-6-14)15-10-19-8-7-13(17(20)21)9-16(19)18-15/h3-11H,1-2H3,(H,20,21). The quantitative estimate of drug-likeness (QED) is 0.800. The Balaban J connectivity index is 1.94. The van der Waals surface area contributed by atoms with Crippen LogP contribution in [0.15, 0.2) is 48.8 Å². The van der Waals surface area contributed by atoms with Crippen molar-refractivity contribution in [3.63, 3.8) is 0 Å². The van der Waals surface area contributed by atoms with Crippen LogP contribution in [0, 0.1) is 0 Å². The van der Waals surface area contributed by atoms with E-state index in [1.165, 1.54) is 0 Å². The van der Waals surface area contributed by atoms with E-state index in [9.17, 15) is 4.79 Å². The van der Waals surface area contributed by atoms with Crippen molar-refractivity contribution >= 4 is 11.6 Å². The van der Waals surface area contributed by atoms with Crippen LogP contribution in [0.1, 0.15) is 24.2 Å². The highest BCUT2D eigenvalue weighted by Gasteiger charge is 2.08. The molecule has 0 fully saturated rings. The van der Waals surface area contributed by atoms with E-state index in [-0.39, 0.29) is 11.7 Å². The van der Waals surface area contributed by atoms with Crippen LogP contribution in [-0.2, 0) is 0 Å². The first-order chi connectivity index (χ1) is 10.5. The number of carboxylic acids is 1. The van der Waals surface area contributed by atoms with E-state index in [0.717, 1.165) is 17.0 Å². The van der Waals surface area contributed by atoms with E-state index in [1.807, 2.05) is 44.3 Å². The molecule has 2 heterocycles. The van der Waals surface area contributed by atoms with Gasteiger partial charge in [0.15, 0.2) is 0 Å². The van der Waals surface area contributed by atoms with Gasteiger partial charge >= 0.3 is 5.97 Å². The van der Waals surface area contributed by atoms with Crippen molar-refractivity contribution in [1.82, 2.24) is 9.38 Å². The van der Waals surface area contributed by atoms with Gasteiger partial charge in [-0.25, -0.2) is 9.78 Å². The molecule has 0 amide bonds. The molecule has 0 saturated heterocycles. The van der Waals surface area contributed by atoms with E-state index in [4.69, 9.17) is 9.84 Å². The Morgan fingerprint density at radius 1 is 1.23 bits per heavy atom. The average Bonchev–Trinajstić information content (AvgIpc) is 2.90. The molecule has 5 nitrogen and oxygen atoms in total. The fraction of sp³-hybridized carbons (Fsp3) is 0.176. The molecule has 0 aliphatic rings. The minimum Gasteiger partial charge on any atom is -0.491 e. The van der Waals surface area contributed by atoms with Crippen LogP contribution >= 0.6 is 0 Å². The summed E-state index contributed by atoms with van der Waals surface area (Å²) in [6.45, 7) is 3.96. The molecule has 0 unspecified atom stereocenters. The molecule has 0 aliphatic heterocycles. The van der Waals surface area contributed by atoms with Crippen LogP contribution in [0.5, 0.6) is 5.75 Å². The summed E-state index contributed by atoms with van der Waals surface area (Å²) in [6.07, 6.45) is 3.71. The van der Waals surface area contributed by atoms with Gasteiger partial charge in [0.1, 0.15) is 11.4 Å². The van der Waals surface area contributed by atoms with Gasteiger partial charge in [0.05, 0.1) is 17.4 Å². The molecule has 0 saturated carbocycles. The number of imidazole rings is 1. The third-order valence-electron chi connectivity index (χ3n) is 3.23. The van der Waals surface area contributed by atoms with Crippen molar-refractivity contribution in [3.05, 3.63) is 54.4 Å². The van der Waals surface area contributed by atoms with E-state index in [2.05, 4.69) is 4.98 Å². The number of ether oxygens (including phenoxy) is 1. The Morgan fingerprint density at radius 3 is 2.59 bits per heavy atom. The molecule has 3 aromatic rings. The number of rotatable bonds is 4. The third-order valence-corrected chi connectivity index (χ3v) is 3.23. The molecule has 0 atom stereocenters. The SMILES string of the molecule is CC(C)Oc1ccc(-c2cn3ccc(C(=O)O)cc3n2)cc1. The summed E-state index contributed by atoms with van der Waals surface area (Å²) in [6, 6.07) is 10.8. The van der Waals surface area contributed by atoms with Crippen molar-refractivity contribution in [2.45, 2.75) is 20.0 Å². The fourth-order valence-electron chi connectivity index (χ4n) is 2.23. The molecule has 0 radical (unpaired) electrons. The Hall–Kier alpha value is -2.82. The first-order valence-electron chi connectivity index (χ1n) is 7.02. The molecule has 2 aromatic heterocycles. The Kier molecular flexibility index (Phi) is 3.55. The number of hydrogen-bond acceptors (Lipinski definition) is 3. The first kappa shape index (κ1) is 14.1.